The van der Waals surface area contributed by atoms with Crippen molar-refractivity contribution in [3.8, 4) is 0 Å². The standard InChI is InChI=1S/C17H17NO4/c1-8(19)9-3-2-4-11(5-9)18-16(20)14-10-6-12-13(7-10)22-17(21)15(12)14/h2-5,10,12-15H,6-7H2,1H3,(H,18,20)/t10-,12-,13-,14+,15+/m1/s1. The third-order valence-corrected chi connectivity index (χ3v) is 5.32. The van der Waals surface area contributed by atoms with E-state index in [1.54, 1.807) is 24.3 Å². The number of rotatable bonds is 3. The Bertz CT molecular complexity index is 681. The van der Waals surface area contributed by atoms with Crippen molar-refractivity contribution in [3.63, 3.8) is 0 Å². The lowest BCUT2D eigenvalue weighted by molar-refractivity contribution is -0.145. The number of benzene rings is 1. The van der Waals surface area contributed by atoms with Gasteiger partial charge in [0.1, 0.15) is 6.10 Å². The Morgan fingerprint density at radius 3 is 2.86 bits per heavy atom. The van der Waals surface area contributed by atoms with Crippen LogP contribution < -0.4 is 5.32 Å². The van der Waals surface area contributed by atoms with Crippen molar-refractivity contribution >= 4 is 23.3 Å². The lowest BCUT2D eigenvalue weighted by Gasteiger charge is -2.23. The maximum atomic E-state index is 12.6. The Kier molecular flexibility index (Phi) is 2.86. The number of hydrogen-bond donors (Lipinski definition) is 1. The number of fused-ring (bicyclic) bond motifs is 1. The first-order chi connectivity index (χ1) is 10.5. The number of esters is 1. The van der Waals surface area contributed by atoms with Crippen LogP contribution in [0.15, 0.2) is 24.3 Å². The highest BCUT2D eigenvalue weighted by Crippen LogP contribution is 2.57. The molecule has 1 aromatic rings. The molecule has 3 aliphatic rings. The highest BCUT2D eigenvalue weighted by Gasteiger charge is 2.63. The third kappa shape index (κ3) is 1.88. The van der Waals surface area contributed by atoms with Crippen molar-refractivity contribution in [1.29, 1.82) is 0 Å². The number of ether oxygens (including phenoxy) is 1. The molecule has 0 unspecified atom stereocenters. The topological polar surface area (TPSA) is 72.5 Å². The van der Waals surface area contributed by atoms with E-state index in [1.807, 2.05) is 0 Å². The smallest absolute Gasteiger partial charge is 0.310 e. The number of amides is 1. The van der Waals surface area contributed by atoms with Crippen molar-refractivity contribution in [1.82, 2.24) is 0 Å². The van der Waals surface area contributed by atoms with Crippen molar-refractivity contribution in [2.45, 2.75) is 25.9 Å². The Balaban J connectivity index is 1.55. The molecule has 3 fully saturated rings. The van der Waals surface area contributed by atoms with Crippen LogP contribution in [0.25, 0.3) is 0 Å². The molecule has 1 amide bonds. The molecular formula is C17H17NO4. The SMILES string of the molecule is CC(=O)c1cccc(NC(=O)[C@H]2[C@@H]3C[C@H]4[C@@H]2C(=O)O[C@@H]4C3)c1. The van der Waals surface area contributed by atoms with Crippen molar-refractivity contribution in [2.75, 3.05) is 5.32 Å². The molecule has 1 N–H and O–H groups in total. The number of carbonyl (C=O) groups excluding carboxylic acids is 3. The zero-order valence-electron chi connectivity index (χ0n) is 12.2. The van der Waals surface area contributed by atoms with Crippen LogP contribution in [0.3, 0.4) is 0 Å². The number of nitrogens with one attached hydrogen (secondary N) is 1. The average Bonchev–Trinajstić information content (AvgIpc) is 3.08. The zero-order valence-corrected chi connectivity index (χ0v) is 12.2. The second kappa shape index (κ2) is 4.66. The van der Waals surface area contributed by atoms with Gasteiger partial charge in [0.25, 0.3) is 0 Å². The molecule has 22 heavy (non-hydrogen) atoms. The second-order valence-corrected chi connectivity index (χ2v) is 6.55. The Morgan fingerprint density at radius 1 is 1.27 bits per heavy atom. The summed E-state index contributed by atoms with van der Waals surface area (Å²) < 4.78 is 5.36. The summed E-state index contributed by atoms with van der Waals surface area (Å²) in [5.74, 6) is -0.502. The van der Waals surface area contributed by atoms with Crippen LogP contribution in [-0.2, 0) is 14.3 Å². The zero-order chi connectivity index (χ0) is 15.4. The predicted octanol–water partition coefficient (Wildman–Crippen LogP) is 2.03. The molecule has 2 bridgehead atoms. The summed E-state index contributed by atoms with van der Waals surface area (Å²) in [6.45, 7) is 1.49. The Morgan fingerprint density at radius 2 is 2.09 bits per heavy atom. The first kappa shape index (κ1) is 13.5. The molecule has 2 saturated carbocycles. The van der Waals surface area contributed by atoms with E-state index in [4.69, 9.17) is 4.74 Å². The molecule has 5 nitrogen and oxygen atoms in total. The van der Waals surface area contributed by atoms with Crippen LogP contribution in [0.1, 0.15) is 30.1 Å². The van der Waals surface area contributed by atoms with Crippen LogP contribution in [0, 0.1) is 23.7 Å². The maximum absolute atomic E-state index is 12.6. The van der Waals surface area contributed by atoms with Gasteiger partial charge in [-0.05, 0) is 37.8 Å². The fraction of sp³-hybridized carbons (Fsp3) is 0.471. The van der Waals surface area contributed by atoms with Gasteiger partial charge in [0.15, 0.2) is 5.78 Å². The Labute approximate surface area is 128 Å². The van der Waals surface area contributed by atoms with Gasteiger partial charge in [-0.15, -0.1) is 0 Å². The van der Waals surface area contributed by atoms with E-state index < -0.39 is 0 Å². The highest BCUT2D eigenvalue weighted by molar-refractivity contribution is 5.99. The van der Waals surface area contributed by atoms with Gasteiger partial charge >= 0.3 is 5.97 Å². The van der Waals surface area contributed by atoms with E-state index in [1.165, 1.54) is 6.92 Å². The second-order valence-electron chi connectivity index (χ2n) is 6.55. The van der Waals surface area contributed by atoms with Crippen molar-refractivity contribution < 1.29 is 19.1 Å². The fourth-order valence-corrected chi connectivity index (χ4v) is 4.40. The quantitative estimate of drug-likeness (QED) is 0.684. The van der Waals surface area contributed by atoms with Crippen molar-refractivity contribution in [3.05, 3.63) is 29.8 Å². The first-order valence-electron chi connectivity index (χ1n) is 7.67. The molecule has 1 heterocycles. The summed E-state index contributed by atoms with van der Waals surface area (Å²) in [6.07, 6.45) is 1.75. The van der Waals surface area contributed by atoms with Gasteiger partial charge in [-0.25, -0.2) is 0 Å². The van der Waals surface area contributed by atoms with Gasteiger partial charge in [0.05, 0.1) is 11.8 Å². The van der Waals surface area contributed by atoms with E-state index in [0.29, 0.717) is 11.3 Å². The van der Waals surface area contributed by atoms with Gasteiger partial charge < -0.3 is 10.1 Å². The summed E-state index contributed by atoms with van der Waals surface area (Å²) in [6, 6.07) is 6.89. The fourth-order valence-electron chi connectivity index (χ4n) is 4.40. The molecule has 1 saturated heterocycles. The molecule has 5 heteroatoms. The molecular weight excluding hydrogens is 282 g/mol. The highest BCUT2D eigenvalue weighted by atomic mass is 16.6. The largest absolute Gasteiger partial charge is 0.462 e. The van der Waals surface area contributed by atoms with Gasteiger partial charge in [-0.2, -0.15) is 0 Å². The predicted molar refractivity (Wildman–Crippen MR) is 78.2 cm³/mol. The Hall–Kier alpha value is -2.17. The first-order valence-corrected chi connectivity index (χ1v) is 7.67. The van der Waals surface area contributed by atoms with Crippen LogP contribution in [0.4, 0.5) is 5.69 Å². The van der Waals surface area contributed by atoms with E-state index in [2.05, 4.69) is 5.32 Å². The van der Waals surface area contributed by atoms with Crippen LogP contribution in [-0.4, -0.2) is 23.8 Å². The normalized spacial score (nSPS) is 34.6. The number of hydrogen-bond acceptors (Lipinski definition) is 4. The molecule has 0 spiro atoms. The van der Waals surface area contributed by atoms with Gasteiger partial charge in [-0.1, -0.05) is 12.1 Å². The lowest BCUT2D eigenvalue weighted by atomic mass is 9.79. The number of carbonyl (C=O) groups is 3. The van der Waals surface area contributed by atoms with Crippen LogP contribution in [0.5, 0.6) is 0 Å². The van der Waals surface area contributed by atoms with E-state index in [0.717, 1.165) is 12.8 Å². The summed E-state index contributed by atoms with van der Waals surface area (Å²) >= 11 is 0. The summed E-state index contributed by atoms with van der Waals surface area (Å²) in [5.41, 5.74) is 1.16. The van der Waals surface area contributed by atoms with Crippen LogP contribution in [0.2, 0.25) is 0 Å². The van der Waals surface area contributed by atoms with Crippen LogP contribution >= 0.6 is 0 Å². The number of anilines is 1. The minimum atomic E-state index is -0.294. The molecule has 5 atom stereocenters. The monoisotopic (exact) mass is 299 g/mol. The molecule has 0 radical (unpaired) electrons. The minimum absolute atomic E-state index is 0.0348. The molecule has 114 valence electrons. The third-order valence-electron chi connectivity index (χ3n) is 5.32. The summed E-state index contributed by atoms with van der Waals surface area (Å²) in [7, 11) is 0. The van der Waals surface area contributed by atoms with E-state index in [9.17, 15) is 14.4 Å². The molecule has 1 aliphatic heterocycles. The number of Topliss-reactive ketones (excluding diaryl/α,β-unsaturated/α-hetero) is 1. The minimum Gasteiger partial charge on any atom is -0.462 e. The molecule has 0 aromatic heterocycles. The lowest BCUT2D eigenvalue weighted by Crippen LogP contribution is -2.35. The van der Waals surface area contributed by atoms with Gasteiger partial charge in [-0.3, -0.25) is 14.4 Å². The average molecular weight is 299 g/mol. The van der Waals surface area contributed by atoms with E-state index in [-0.39, 0.29) is 47.4 Å². The van der Waals surface area contributed by atoms with Gasteiger partial charge in [0.2, 0.25) is 5.91 Å². The molecule has 4 rings (SSSR count). The molecule has 1 aromatic carbocycles. The van der Waals surface area contributed by atoms with Gasteiger partial charge in [0, 0.05) is 17.2 Å². The van der Waals surface area contributed by atoms with Crippen molar-refractivity contribution in [2.24, 2.45) is 23.7 Å². The number of ketones is 1. The summed E-state index contributed by atoms with van der Waals surface area (Å²) in [4.78, 5) is 36.0. The summed E-state index contributed by atoms with van der Waals surface area (Å²) in [5, 5.41) is 2.87. The molecule has 2 aliphatic carbocycles. The van der Waals surface area contributed by atoms with E-state index >= 15 is 0 Å². The maximum Gasteiger partial charge on any atom is 0.310 e.